The van der Waals surface area contributed by atoms with Gasteiger partial charge in [-0.1, -0.05) is 36.4 Å². The highest BCUT2D eigenvalue weighted by Crippen LogP contribution is 2.36. The van der Waals surface area contributed by atoms with Crippen molar-refractivity contribution in [1.82, 2.24) is 15.5 Å². The minimum absolute atomic E-state index is 0.140. The summed E-state index contributed by atoms with van der Waals surface area (Å²) in [7, 11) is 4.03. The molecule has 2 N–H and O–H groups in total. The Morgan fingerprint density at radius 3 is 2.64 bits per heavy atom. The molecular formula is C22H29N3O3. The smallest absolute Gasteiger partial charge is 0.314 e. The number of ether oxygens (including phenoxy) is 2. The van der Waals surface area contributed by atoms with Crippen LogP contribution in [0.4, 0.5) is 4.79 Å². The van der Waals surface area contributed by atoms with E-state index in [0.717, 1.165) is 29.9 Å². The van der Waals surface area contributed by atoms with Gasteiger partial charge in [-0.05, 0) is 56.6 Å². The first-order valence-corrected chi connectivity index (χ1v) is 9.64. The predicted molar refractivity (Wildman–Crippen MR) is 110 cm³/mol. The van der Waals surface area contributed by atoms with E-state index in [-0.39, 0.29) is 18.9 Å². The predicted octanol–water partition coefficient (Wildman–Crippen LogP) is 2.74. The molecule has 0 spiro atoms. The molecule has 0 bridgehead atoms. The highest BCUT2D eigenvalue weighted by molar-refractivity contribution is 5.73. The third-order valence-electron chi connectivity index (χ3n) is 5.10. The van der Waals surface area contributed by atoms with E-state index < -0.39 is 0 Å². The fraction of sp³-hybridized carbons (Fsp3) is 0.409. The quantitative estimate of drug-likeness (QED) is 0.736. The summed E-state index contributed by atoms with van der Waals surface area (Å²) in [4.78, 5) is 14.3. The van der Waals surface area contributed by atoms with Crippen molar-refractivity contribution in [1.29, 1.82) is 0 Å². The standard InChI is InChI=1S/C22H29N3O3/c1-16-7-4-5-8-17(16)11-12-23-22(26)24-14-19(25(2)3)13-18-9-6-10-20-21(18)28-15-27-20/h4-10,19H,11-15H2,1-3H3,(H2,23,24,26)/t19-/m0/s1. The van der Waals surface area contributed by atoms with Crippen molar-refractivity contribution in [2.45, 2.75) is 25.8 Å². The van der Waals surface area contributed by atoms with Gasteiger partial charge in [-0.15, -0.1) is 0 Å². The Balaban J connectivity index is 1.48. The Morgan fingerprint density at radius 1 is 1.07 bits per heavy atom. The van der Waals surface area contributed by atoms with Gasteiger partial charge < -0.3 is 25.0 Å². The van der Waals surface area contributed by atoms with Crippen molar-refractivity contribution in [3.8, 4) is 11.5 Å². The molecule has 0 aromatic heterocycles. The number of nitrogens with one attached hydrogen (secondary N) is 2. The number of carbonyl (C=O) groups is 1. The zero-order valence-electron chi connectivity index (χ0n) is 16.8. The molecule has 28 heavy (non-hydrogen) atoms. The lowest BCUT2D eigenvalue weighted by Gasteiger charge is -2.25. The van der Waals surface area contributed by atoms with Crippen LogP contribution in [0.2, 0.25) is 0 Å². The van der Waals surface area contributed by atoms with Crippen molar-refractivity contribution in [2.24, 2.45) is 0 Å². The summed E-state index contributed by atoms with van der Waals surface area (Å²) in [5.41, 5.74) is 3.60. The maximum atomic E-state index is 12.2. The van der Waals surface area contributed by atoms with Gasteiger partial charge in [0.05, 0.1) is 0 Å². The van der Waals surface area contributed by atoms with E-state index in [0.29, 0.717) is 13.1 Å². The Morgan fingerprint density at radius 2 is 1.86 bits per heavy atom. The zero-order chi connectivity index (χ0) is 19.9. The molecule has 2 aromatic rings. The number of amides is 2. The highest BCUT2D eigenvalue weighted by atomic mass is 16.7. The van der Waals surface area contributed by atoms with E-state index in [1.165, 1.54) is 11.1 Å². The van der Waals surface area contributed by atoms with E-state index in [2.05, 4.69) is 34.6 Å². The minimum Gasteiger partial charge on any atom is -0.454 e. The number of benzene rings is 2. The van der Waals surface area contributed by atoms with Gasteiger partial charge in [0.25, 0.3) is 0 Å². The fourth-order valence-electron chi connectivity index (χ4n) is 3.32. The molecule has 0 fully saturated rings. The fourth-order valence-corrected chi connectivity index (χ4v) is 3.32. The number of hydrogen-bond acceptors (Lipinski definition) is 4. The van der Waals surface area contributed by atoms with E-state index >= 15 is 0 Å². The van der Waals surface area contributed by atoms with Crippen LogP contribution < -0.4 is 20.1 Å². The van der Waals surface area contributed by atoms with Crippen molar-refractivity contribution < 1.29 is 14.3 Å². The Hall–Kier alpha value is -2.73. The van der Waals surface area contributed by atoms with Crippen LogP contribution in [0.1, 0.15) is 16.7 Å². The second kappa shape index (κ2) is 9.46. The number of hydrogen-bond donors (Lipinski definition) is 2. The van der Waals surface area contributed by atoms with Crippen LogP contribution in [0.5, 0.6) is 11.5 Å². The summed E-state index contributed by atoms with van der Waals surface area (Å²) < 4.78 is 11.1. The van der Waals surface area contributed by atoms with Crippen LogP contribution in [0.15, 0.2) is 42.5 Å². The van der Waals surface area contributed by atoms with Gasteiger partial charge in [-0.3, -0.25) is 0 Å². The van der Waals surface area contributed by atoms with Crippen LogP contribution in [0, 0.1) is 6.92 Å². The number of rotatable bonds is 8. The number of para-hydroxylation sites is 1. The molecule has 0 aliphatic carbocycles. The van der Waals surface area contributed by atoms with Crippen LogP contribution in [-0.2, 0) is 12.8 Å². The molecule has 0 saturated heterocycles. The zero-order valence-corrected chi connectivity index (χ0v) is 16.8. The first kappa shape index (κ1) is 20.0. The highest BCUT2D eigenvalue weighted by Gasteiger charge is 2.21. The van der Waals surface area contributed by atoms with E-state index in [9.17, 15) is 4.79 Å². The molecule has 1 aliphatic rings. The van der Waals surface area contributed by atoms with Crippen LogP contribution in [0.3, 0.4) is 0 Å². The number of urea groups is 1. The van der Waals surface area contributed by atoms with Gasteiger partial charge in [0.1, 0.15) is 0 Å². The Kier molecular flexibility index (Phi) is 6.76. The molecule has 6 nitrogen and oxygen atoms in total. The van der Waals surface area contributed by atoms with Crippen molar-refractivity contribution >= 4 is 6.03 Å². The van der Waals surface area contributed by atoms with Gasteiger partial charge in [-0.25, -0.2) is 4.79 Å². The number of likely N-dealkylation sites (N-methyl/N-ethyl adjacent to an activating group) is 1. The average molecular weight is 383 g/mol. The van der Waals surface area contributed by atoms with Gasteiger partial charge >= 0.3 is 6.03 Å². The second-order valence-electron chi connectivity index (χ2n) is 7.29. The molecule has 2 aromatic carbocycles. The monoisotopic (exact) mass is 383 g/mol. The Bertz CT molecular complexity index is 807. The van der Waals surface area contributed by atoms with Crippen LogP contribution in [-0.4, -0.2) is 51.0 Å². The first-order valence-electron chi connectivity index (χ1n) is 9.64. The van der Waals surface area contributed by atoms with Crippen molar-refractivity contribution in [3.63, 3.8) is 0 Å². The number of nitrogens with zero attached hydrogens (tertiary/aromatic N) is 1. The Labute approximate surface area is 166 Å². The summed E-state index contributed by atoms with van der Waals surface area (Å²) in [6, 6.07) is 14.2. The SMILES string of the molecule is Cc1ccccc1CCNC(=O)NC[C@H](Cc1cccc2c1OCO2)N(C)C. The normalized spacial score (nSPS) is 13.4. The second-order valence-corrected chi connectivity index (χ2v) is 7.29. The van der Waals surface area contributed by atoms with E-state index in [4.69, 9.17) is 9.47 Å². The van der Waals surface area contributed by atoms with Crippen molar-refractivity contribution in [2.75, 3.05) is 34.0 Å². The van der Waals surface area contributed by atoms with Gasteiger partial charge in [0.15, 0.2) is 11.5 Å². The summed E-state index contributed by atoms with van der Waals surface area (Å²) >= 11 is 0. The number of aryl methyl sites for hydroxylation is 1. The molecule has 2 amide bonds. The third-order valence-corrected chi connectivity index (χ3v) is 5.10. The van der Waals surface area contributed by atoms with Gasteiger partial charge in [0, 0.05) is 19.1 Å². The summed E-state index contributed by atoms with van der Waals surface area (Å²) in [5, 5.41) is 5.93. The van der Waals surface area contributed by atoms with Crippen molar-refractivity contribution in [3.05, 3.63) is 59.2 Å². The summed E-state index contributed by atoms with van der Waals surface area (Å²) in [6.45, 7) is 3.51. The molecule has 1 heterocycles. The molecule has 0 radical (unpaired) electrons. The summed E-state index contributed by atoms with van der Waals surface area (Å²) in [6.07, 6.45) is 1.59. The van der Waals surface area contributed by atoms with Crippen LogP contribution >= 0.6 is 0 Å². The number of carbonyl (C=O) groups excluding carboxylic acids is 1. The lowest BCUT2D eigenvalue weighted by molar-refractivity contribution is 0.172. The molecule has 150 valence electrons. The third kappa shape index (κ3) is 5.16. The first-order chi connectivity index (χ1) is 13.5. The number of fused-ring (bicyclic) bond motifs is 1. The van der Waals surface area contributed by atoms with Gasteiger partial charge in [-0.2, -0.15) is 0 Å². The molecule has 6 heteroatoms. The lowest BCUT2D eigenvalue weighted by atomic mass is 10.0. The van der Waals surface area contributed by atoms with Gasteiger partial charge in [0.2, 0.25) is 6.79 Å². The molecular weight excluding hydrogens is 354 g/mol. The lowest BCUT2D eigenvalue weighted by Crippen LogP contribution is -2.45. The maximum Gasteiger partial charge on any atom is 0.314 e. The topological polar surface area (TPSA) is 62.8 Å². The molecule has 0 unspecified atom stereocenters. The molecule has 3 rings (SSSR count). The maximum absolute atomic E-state index is 12.2. The molecule has 1 atom stereocenters. The minimum atomic E-state index is -0.140. The molecule has 0 saturated carbocycles. The summed E-state index contributed by atoms with van der Waals surface area (Å²) in [5.74, 6) is 1.61. The molecule has 1 aliphatic heterocycles. The largest absolute Gasteiger partial charge is 0.454 e. The van der Waals surface area contributed by atoms with Crippen LogP contribution in [0.25, 0.3) is 0 Å². The van der Waals surface area contributed by atoms with E-state index in [1.54, 1.807) is 0 Å². The van der Waals surface area contributed by atoms with E-state index in [1.807, 2.05) is 44.4 Å². The average Bonchev–Trinajstić information content (AvgIpc) is 3.16.